The lowest BCUT2D eigenvalue weighted by molar-refractivity contribution is 0.0162. The Morgan fingerprint density at radius 1 is 1.09 bits per heavy atom. The summed E-state index contributed by atoms with van der Waals surface area (Å²) in [5.41, 5.74) is 1.07. The summed E-state index contributed by atoms with van der Waals surface area (Å²) in [6, 6.07) is 14.8. The summed E-state index contributed by atoms with van der Waals surface area (Å²) in [5.74, 6) is -0.300. The second kappa shape index (κ2) is 11.6. The quantitative estimate of drug-likeness (QED) is 0.466. The van der Waals surface area contributed by atoms with E-state index >= 15 is 0 Å². The molecule has 1 unspecified atom stereocenters. The molecule has 1 aliphatic rings. The molecule has 34 heavy (non-hydrogen) atoms. The molecule has 1 aromatic heterocycles. The summed E-state index contributed by atoms with van der Waals surface area (Å²) in [7, 11) is 0. The van der Waals surface area contributed by atoms with Gasteiger partial charge in [-0.2, -0.15) is 5.10 Å². The fraction of sp³-hybridized carbons (Fsp3) is 0.423. The van der Waals surface area contributed by atoms with Crippen LogP contribution in [0.5, 0.6) is 0 Å². The number of amides is 1. The molecule has 8 heteroatoms. The first-order valence-electron chi connectivity index (χ1n) is 11.9. The Hall–Kier alpha value is -2.74. The second-order valence-corrected chi connectivity index (χ2v) is 8.93. The van der Waals surface area contributed by atoms with Crippen LogP contribution >= 0.6 is 11.6 Å². The van der Waals surface area contributed by atoms with E-state index in [1.807, 2.05) is 36.4 Å². The number of nitrogens with zero attached hydrogens (tertiary/aromatic N) is 3. The predicted octanol–water partition coefficient (Wildman–Crippen LogP) is 4.04. The molecule has 2 heterocycles. The molecule has 1 atom stereocenters. The molecular formula is C26H31ClN4O3. The zero-order valence-electron chi connectivity index (χ0n) is 19.5. The Balaban J connectivity index is 1.61. The van der Waals surface area contributed by atoms with Gasteiger partial charge in [-0.3, -0.25) is 14.5 Å². The second-order valence-electron chi connectivity index (χ2n) is 8.53. The molecule has 0 radical (unpaired) electrons. The van der Waals surface area contributed by atoms with Gasteiger partial charge >= 0.3 is 0 Å². The molecule has 2 aromatic carbocycles. The molecule has 1 saturated heterocycles. The molecular weight excluding hydrogens is 452 g/mol. The van der Waals surface area contributed by atoms with E-state index in [0.717, 1.165) is 37.9 Å². The Morgan fingerprint density at radius 2 is 1.79 bits per heavy atom. The van der Waals surface area contributed by atoms with Crippen molar-refractivity contribution in [1.29, 1.82) is 0 Å². The minimum Gasteiger partial charge on any atom is -0.379 e. The van der Waals surface area contributed by atoms with Gasteiger partial charge < -0.3 is 10.1 Å². The number of fused-ring (bicyclic) bond motifs is 1. The molecule has 0 aliphatic carbocycles. The molecule has 0 saturated carbocycles. The highest BCUT2D eigenvalue weighted by Crippen LogP contribution is 2.28. The van der Waals surface area contributed by atoms with Crippen LogP contribution < -0.4 is 10.9 Å². The molecule has 1 amide bonds. The number of benzene rings is 2. The Labute approximate surface area is 204 Å². The van der Waals surface area contributed by atoms with Crippen molar-refractivity contribution in [2.24, 2.45) is 0 Å². The minimum atomic E-state index is -0.300. The van der Waals surface area contributed by atoms with Crippen LogP contribution in [0.1, 0.15) is 48.3 Å². The van der Waals surface area contributed by atoms with Crippen LogP contribution in [-0.2, 0) is 11.3 Å². The average Bonchev–Trinajstić information content (AvgIpc) is 2.87. The smallest absolute Gasteiger partial charge is 0.274 e. The van der Waals surface area contributed by atoms with E-state index < -0.39 is 0 Å². The predicted molar refractivity (Wildman–Crippen MR) is 134 cm³/mol. The third-order valence-electron chi connectivity index (χ3n) is 6.26. The summed E-state index contributed by atoms with van der Waals surface area (Å²) < 4.78 is 6.95. The number of unbranched alkanes of at least 4 members (excludes halogenated alkanes) is 2. The molecule has 3 aromatic rings. The van der Waals surface area contributed by atoms with E-state index in [4.69, 9.17) is 16.3 Å². The maximum absolute atomic E-state index is 13.4. The van der Waals surface area contributed by atoms with Crippen LogP contribution in [0.15, 0.2) is 53.3 Å². The number of ether oxygens (including phenoxy) is 1. The first-order valence-corrected chi connectivity index (χ1v) is 12.3. The van der Waals surface area contributed by atoms with Gasteiger partial charge in [-0.25, -0.2) is 4.68 Å². The summed E-state index contributed by atoms with van der Waals surface area (Å²) in [4.78, 5) is 28.6. The van der Waals surface area contributed by atoms with Gasteiger partial charge in [0.25, 0.3) is 11.5 Å². The van der Waals surface area contributed by atoms with Crippen LogP contribution in [0.2, 0.25) is 5.02 Å². The van der Waals surface area contributed by atoms with E-state index in [9.17, 15) is 9.59 Å². The standard InChI is InChI=1S/C26H31ClN4O3/c1-2-3-8-13-31-26(33)20-10-5-4-9-19(20)24(29-31)25(32)28-18-23(30-14-16-34-17-15-30)21-11-6-7-12-22(21)27/h4-7,9-12,23H,2-3,8,13-18H2,1H3,(H,28,32). The van der Waals surface area contributed by atoms with E-state index in [2.05, 4.69) is 22.2 Å². The number of morpholine rings is 1. The number of carbonyl (C=O) groups excluding carboxylic acids is 1. The number of rotatable bonds is 9. The lowest BCUT2D eigenvalue weighted by Crippen LogP contribution is -2.44. The number of hydrogen-bond donors (Lipinski definition) is 1. The summed E-state index contributed by atoms with van der Waals surface area (Å²) >= 11 is 6.53. The van der Waals surface area contributed by atoms with Gasteiger partial charge in [0.05, 0.1) is 24.6 Å². The maximum Gasteiger partial charge on any atom is 0.274 e. The van der Waals surface area contributed by atoms with Crippen molar-refractivity contribution in [1.82, 2.24) is 20.0 Å². The van der Waals surface area contributed by atoms with E-state index in [0.29, 0.717) is 42.1 Å². The van der Waals surface area contributed by atoms with Gasteiger partial charge in [-0.05, 0) is 24.1 Å². The molecule has 1 fully saturated rings. The summed E-state index contributed by atoms with van der Waals surface area (Å²) in [5, 5.41) is 9.30. The highest BCUT2D eigenvalue weighted by Gasteiger charge is 2.26. The Kier molecular flexibility index (Phi) is 8.32. The van der Waals surface area contributed by atoms with E-state index in [-0.39, 0.29) is 23.2 Å². The van der Waals surface area contributed by atoms with Crippen molar-refractivity contribution < 1.29 is 9.53 Å². The fourth-order valence-electron chi connectivity index (χ4n) is 4.41. The number of carbonyl (C=O) groups is 1. The van der Waals surface area contributed by atoms with E-state index in [1.165, 1.54) is 4.68 Å². The van der Waals surface area contributed by atoms with Crippen molar-refractivity contribution in [3.8, 4) is 0 Å². The first kappa shape index (κ1) is 24.4. The van der Waals surface area contributed by atoms with Crippen molar-refractivity contribution in [3.63, 3.8) is 0 Å². The number of aromatic nitrogens is 2. The maximum atomic E-state index is 13.4. The van der Waals surface area contributed by atoms with Crippen molar-refractivity contribution in [3.05, 3.63) is 75.2 Å². The first-order chi connectivity index (χ1) is 16.6. The SMILES string of the molecule is CCCCCn1nc(C(=O)NCC(c2ccccc2Cl)N2CCOCC2)c2ccccc2c1=O. The minimum absolute atomic E-state index is 0.0942. The lowest BCUT2D eigenvalue weighted by atomic mass is 10.0. The van der Waals surface area contributed by atoms with Gasteiger partial charge in [-0.1, -0.05) is 67.8 Å². The van der Waals surface area contributed by atoms with Crippen LogP contribution in [0.25, 0.3) is 10.8 Å². The largest absolute Gasteiger partial charge is 0.379 e. The molecule has 7 nitrogen and oxygen atoms in total. The number of hydrogen-bond acceptors (Lipinski definition) is 5. The monoisotopic (exact) mass is 482 g/mol. The molecule has 180 valence electrons. The zero-order chi connectivity index (χ0) is 23.9. The average molecular weight is 483 g/mol. The van der Waals surface area contributed by atoms with Crippen molar-refractivity contribution >= 4 is 28.3 Å². The third kappa shape index (κ3) is 5.49. The number of halogens is 1. The number of nitrogens with one attached hydrogen (secondary N) is 1. The lowest BCUT2D eigenvalue weighted by Gasteiger charge is -2.35. The Bertz CT molecular complexity index is 1190. The zero-order valence-corrected chi connectivity index (χ0v) is 20.3. The highest BCUT2D eigenvalue weighted by molar-refractivity contribution is 6.31. The summed E-state index contributed by atoms with van der Waals surface area (Å²) in [6.45, 7) is 5.78. The topological polar surface area (TPSA) is 76.5 Å². The number of aryl methyl sites for hydroxylation is 1. The fourth-order valence-corrected chi connectivity index (χ4v) is 4.67. The normalized spacial score (nSPS) is 15.4. The van der Waals surface area contributed by atoms with Gasteiger partial charge in [0.2, 0.25) is 0 Å². The van der Waals surface area contributed by atoms with Gasteiger partial charge in [0.1, 0.15) is 0 Å². The molecule has 1 aliphatic heterocycles. The van der Waals surface area contributed by atoms with Crippen molar-refractivity contribution in [2.45, 2.75) is 38.8 Å². The van der Waals surface area contributed by atoms with Gasteiger partial charge in [0.15, 0.2) is 5.69 Å². The van der Waals surface area contributed by atoms with Crippen molar-refractivity contribution in [2.75, 3.05) is 32.8 Å². The van der Waals surface area contributed by atoms with Gasteiger partial charge in [-0.15, -0.1) is 0 Å². The highest BCUT2D eigenvalue weighted by atomic mass is 35.5. The molecule has 4 rings (SSSR count). The summed E-state index contributed by atoms with van der Waals surface area (Å²) in [6.07, 6.45) is 2.89. The van der Waals surface area contributed by atoms with Gasteiger partial charge in [0, 0.05) is 36.6 Å². The molecule has 1 N–H and O–H groups in total. The van der Waals surface area contributed by atoms with Crippen LogP contribution in [-0.4, -0.2) is 53.4 Å². The Morgan fingerprint density at radius 3 is 2.53 bits per heavy atom. The van der Waals surface area contributed by atoms with Crippen LogP contribution in [0.4, 0.5) is 0 Å². The van der Waals surface area contributed by atoms with E-state index in [1.54, 1.807) is 12.1 Å². The molecule has 0 spiro atoms. The van der Waals surface area contributed by atoms with Crippen LogP contribution in [0, 0.1) is 0 Å². The third-order valence-corrected chi connectivity index (χ3v) is 6.61. The van der Waals surface area contributed by atoms with Crippen LogP contribution in [0.3, 0.4) is 0 Å². The molecule has 0 bridgehead atoms.